The van der Waals surface area contributed by atoms with E-state index in [0.717, 1.165) is 31.0 Å². The summed E-state index contributed by atoms with van der Waals surface area (Å²) >= 11 is 0. The van der Waals surface area contributed by atoms with Gasteiger partial charge in [-0.15, -0.1) is 0 Å². The molecule has 0 unspecified atom stereocenters. The molecular weight excluding hydrogens is 231 g/mol. The van der Waals surface area contributed by atoms with Crippen LogP contribution in [0.5, 0.6) is 0 Å². The van der Waals surface area contributed by atoms with Gasteiger partial charge >= 0.3 is 0 Å². The van der Waals surface area contributed by atoms with Gasteiger partial charge in [-0.25, -0.2) is 9.37 Å². The lowest BCUT2D eigenvalue weighted by Crippen LogP contribution is -2.49. The van der Waals surface area contributed by atoms with E-state index in [9.17, 15) is 4.39 Å². The highest BCUT2D eigenvalue weighted by atomic mass is 19.1. The fourth-order valence-corrected chi connectivity index (χ4v) is 2.27. The van der Waals surface area contributed by atoms with E-state index < -0.39 is 0 Å². The molecular formula is C13H15FN4. The maximum atomic E-state index is 13.1. The minimum atomic E-state index is -0.277. The molecule has 1 aromatic heterocycles. The first-order valence-electron chi connectivity index (χ1n) is 6.13. The van der Waals surface area contributed by atoms with E-state index in [0.29, 0.717) is 11.6 Å². The zero-order valence-corrected chi connectivity index (χ0v) is 10.2. The fraction of sp³-hybridized carbons (Fsp3) is 0.385. The lowest BCUT2D eigenvalue weighted by Gasteiger charge is -2.32. The van der Waals surface area contributed by atoms with Crippen LogP contribution < -0.4 is 10.2 Å². The van der Waals surface area contributed by atoms with Crippen molar-refractivity contribution in [2.24, 2.45) is 0 Å². The number of nitrogens with one attached hydrogen (secondary N) is 1. The van der Waals surface area contributed by atoms with E-state index in [-0.39, 0.29) is 5.82 Å². The predicted molar refractivity (Wildman–Crippen MR) is 69.2 cm³/mol. The summed E-state index contributed by atoms with van der Waals surface area (Å²) < 4.78 is 13.1. The molecule has 2 heterocycles. The van der Waals surface area contributed by atoms with Crippen molar-refractivity contribution in [3.05, 3.63) is 30.2 Å². The van der Waals surface area contributed by atoms with Crippen LogP contribution in [0.2, 0.25) is 0 Å². The molecule has 0 radical (unpaired) electrons. The van der Waals surface area contributed by atoms with Crippen molar-refractivity contribution in [3.8, 4) is 0 Å². The van der Waals surface area contributed by atoms with Gasteiger partial charge in [0.2, 0.25) is 0 Å². The number of anilines is 1. The second kappa shape index (κ2) is 4.49. The zero-order valence-electron chi connectivity index (χ0n) is 10.2. The lowest BCUT2D eigenvalue weighted by molar-refractivity contribution is 0.482. The number of nitrogens with zero attached hydrogens (tertiary/aromatic N) is 3. The van der Waals surface area contributed by atoms with Gasteiger partial charge in [0.1, 0.15) is 11.6 Å². The minimum Gasteiger partial charge on any atom is -0.352 e. The first kappa shape index (κ1) is 11.3. The van der Waals surface area contributed by atoms with Gasteiger partial charge in [-0.1, -0.05) is 0 Å². The maximum Gasteiger partial charge on any atom is 0.147 e. The van der Waals surface area contributed by atoms with Gasteiger partial charge < -0.3 is 10.2 Å². The topological polar surface area (TPSA) is 41.1 Å². The Hall–Kier alpha value is -1.75. The van der Waals surface area contributed by atoms with Crippen LogP contribution in [-0.2, 0) is 0 Å². The molecule has 0 aliphatic carbocycles. The Morgan fingerprint density at radius 1 is 1.39 bits per heavy atom. The number of fused-ring (bicyclic) bond motifs is 1. The van der Waals surface area contributed by atoms with Gasteiger partial charge in [0.25, 0.3) is 0 Å². The third-order valence-electron chi connectivity index (χ3n) is 3.18. The average molecular weight is 246 g/mol. The standard InChI is InChI=1S/C13H15FN4/c1-9-8-18(5-4-15-9)13-7-16-12-6-10(14)2-3-11(12)17-13/h2-3,6-7,9,15H,4-5,8H2,1H3/t9-/m1/s1. The molecule has 1 fully saturated rings. The third-order valence-corrected chi connectivity index (χ3v) is 3.18. The highest BCUT2D eigenvalue weighted by Crippen LogP contribution is 2.17. The van der Waals surface area contributed by atoms with E-state index in [4.69, 9.17) is 0 Å². The van der Waals surface area contributed by atoms with Crippen LogP contribution in [0, 0.1) is 5.82 Å². The Labute approximate surface area is 105 Å². The summed E-state index contributed by atoms with van der Waals surface area (Å²) in [4.78, 5) is 11.0. The largest absolute Gasteiger partial charge is 0.352 e. The SMILES string of the molecule is C[C@@H]1CN(c2cnc3cc(F)ccc3n2)CCN1. The molecule has 4 nitrogen and oxygen atoms in total. The maximum absolute atomic E-state index is 13.1. The molecule has 1 atom stereocenters. The molecule has 3 rings (SSSR count). The first-order chi connectivity index (χ1) is 8.72. The highest BCUT2D eigenvalue weighted by Gasteiger charge is 2.17. The number of piperazine rings is 1. The van der Waals surface area contributed by atoms with E-state index >= 15 is 0 Å². The zero-order chi connectivity index (χ0) is 12.5. The average Bonchev–Trinajstić information content (AvgIpc) is 2.38. The Kier molecular flexibility index (Phi) is 2.83. The van der Waals surface area contributed by atoms with E-state index in [1.54, 1.807) is 12.3 Å². The Bertz CT molecular complexity index is 572. The summed E-state index contributed by atoms with van der Waals surface area (Å²) in [5.41, 5.74) is 1.34. The molecule has 0 saturated carbocycles. The minimum absolute atomic E-state index is 0.277. The van der Waals surface area contributed by atoms with E-state index in [1.807, 2.05) is 0 Å². The number of aromatic nitrogens is 2. The van der Waals surface area contributed by atoms with Crippen LogP contribution in [0.15, 0.2) is 24.4 Å². The Balaban J connectivity index is 1.95. The summed E-state index contributed by atoms with van der Waals surface area (Å²) in [6, 6.07) is 4.95. The summed E-state index contributed by atoms with van der Waals surface area (Å²) in [5.74, 6) is 0.586. The molecule has 0 bridgehead atoms. The smallest absolute Gasteiger partial charge is 0.147 e. The molecule has 1 aromatic carbocycles. The van der Waals surface area contributed by atoms with Crippen LogP contribution in [0.4, 0.5) is 10.2 Å². The van der Waals surface area contributed by atoms with E-state index in [1.165, 1.54) is 12.1 Å². The van der Waals surface area contributed by atoms with Crippen molar-refractivity contribution < 1.29 is 4.39 Å². The molecule has 1 N–H and O–H groups in total. The Morgan fingerprint density at radius 3 is 3.11 bits per heavy atom. The van der Waals surface area contributed by atoms with Crippen LogP contribution in [0.25, 0.3) is 11.0 Å². The summed E-state index contributed by atoms with van der Waals surface area (Å²) in [6.07, 6.45) is 1.72. The van der Waals surface area contributed by atoms with Gasteiger partial charge in [0.05, 0.1) is 17.2 Å². The van der Waals surface area contributed by atoms with E-state index in [2.05, 4.69) is 27.1 Å². The molecule has 0 amide bonds. The normalized spacial score (nSPS) is 20.3. The molecule has 1 saturated heterocycles. The number of rotatable bonds is 1. The molecule has 1 aliphatic rings. The molecule has 5 heteroatoms. The van der Waals surface area contributed by atoms with Crippen molar-refractivity contribution in [2.45, 2.75) is 13.0 Å². The predicted octanol–water partition coefficient (Wildman–Crippen LogP) is 1.57. The second-order valence-electron chi connectivity index (χ2n) is 4.66. The molecule has 94 valence electrons. The fourth-order valence-electron chi connectivity index (χ4n) is 2.27. The molecule has 18 heavy (non-hydrogen) atoms. The number of hydrogen-bond donors (Lipinski definition) is 1. The molecule has 2 aromatic rings. The van der Waals surface area contributed by atoms with Crippen molar-refractivity contribution in [3.63, 3.8) is 0 Å². The van der Waals surface area contributed by atoms with Gasteiger partial charge in [-0.05, 0) is 19.1 Å². The quantitative estimate of drug-likeness (QED) is 0.829. The summed E-state index contributed by atoms with van der Waals surface area (Å²) in [6.45, 7) is 4.94. The van der Waals surface area contributed by atoms with Crippen molar-refractivity contribution >= 4 is 16.9 Å². The van der Waals surface area contributed by atoms with Gasteiger partial charge in [-0.3, -0.25) is 4.98 Å². The molecule has 1 aliphatic heterocycles. The monoisotopic (exact) mass is 246 g/mol. The lowest BCUT2D eigenvalue weighted by atomic mass is 10.2. The first-order valence-corrected chi connectivity index (χ1v) is 6.13. The van der Waals surface area contributed by atoms with Crippen LogP contribution in [0.1, 0.15) is 6.92 Å². The third kappa shape index (κ3) is 2.13. The second-order valence-corrected chi connectivity index (χ2v) is 4.66. The number of hydrogen-bond acceptors (Lipinski definition) is 4. The number of halogens is 1. The Morgan fingerprint density at radius 2 is 2.28 bits per heavy atom. The highest BCUT2D eigenvalue weighted by molar-refractivity contribution is 5.75. The van der Waals surface area contributed by atoms with Crippen LogP contribution in [0.3, 0.4) is 0 Å². The molecule has 0 spiro atoms. The van der Waals surface area contributed by atoms with Crippen molar-refractivity contribution in [2.75, 3.05) is 24.5 Å². The van der Waals surface area contributed by atoms with Crippen molar-refractivity contribution in [1.82, 2.24) is 15.3 Å². The summed E-state index contributed by atoms with van der Waals surface area (Å²) in [7, 11) is 0. The van der Waals surface area contributed by atoms with Crippen LogP contribution >= 0.6 is 0 Å². The number of benzene rings is 1. The van der Waals surface area contributed by atoms with Gasteiger partial charge in [0, 0.05) is 31.7 Å². The van der Waals surface area contributed by atoms with Crippen molar-refractivity contribution in [1.29, 1.82) is 0 Å². The van der Waals surface area contributed by atoms with Gasteiger partial charge in [0.15, 0.2) is 0 Å². The van der Waals surface area contributed by atoms with Gasteiger partial charge in [-0.2, -0.15) is 0 Å². The summed E-state index contributed by atoms with van der Waals surface area (Å²) in [5, 5.41) is 3.39. The van der Waals surface area contributed by atoms with Crippen LogP contribution in [-0.4, -0.2) is 35.6 Å².